The molecule has 2 aliphatic heterocycles. The molecule has 2 heterocycles. The molecule has 2 unspecified atom stereocenters. The number of likely N-dealkylation sites (N-methyl/N-ethyl adjacent to an activating group) is 1. The second-order valence-corrected chi connectivity index (χ2v) is 6.21. The molecule has 2 saturated heterocycles. The third kappa shape index (κ3) is 3.33. The maximum absolute atomic E-state index is 6.40. The molecule has 4 nitrogen and oxygen atoms in total. The third-order valence-electron chi connectivity index (χ3n) is 4.60. The van der Waals surface area contributed by atoms with Crippen molar-refractivity contribution in [2.24, 2.45) is 0 Å². The van der Waals surface area contributed by atoms with E-state index in [9.17, 15) is 0 Å². The molecule has 116 valence electrons. The van der Waals surface area contributed by atoms with Crippen molar-refractivity contribution in [3.8, 4) is 11.5 Å². The van der Waals surface area contributed by atoms with Crippen LogP contribution in [0.5, 0.6) is 11.5 Å². The van der Waals surface area contributed by atoms with Gasteiger partial charge in [-0.1, -0.05) is 12.1 Å². The fourth-order valence-corrected chi connectivity index (χ4v) is 3.44. The van der Waals surface area contributed by atoms with Crippen molar-refractivity contribution < 1.29 is 9.47 Å². The van der Waals surface area contributed by atoms with Gasteiger partial charge in [0.15, 0.2) is 11.5 Å². The molecule has 0 spiro atoms. The number of nitrogens with one attached hydrogen (secondary N) is 1. The SMILES string of the molecule is COc1cccc(C2CCNC2)c1OC1CCCN(C)C1. The van der Waals surface area contributed by atoms with Gasteiger partial charge in [0.25, 0.3) is 0 Å². The van der Waals surface area contributed by atoms with Gasteiger partial charge in [-0.2, -0.15) is 0 Å². The smallest absolute Gasteiger partial charge is 0.165 e. The lowest BCUT2D eigenvalue weighted by atomic mass is 9.96. The van der Waals surface area contributed by atoms with E-state index in [0.717, 1.165) is 37.6 Å². The minimum absolute atomic E-state index is 0.271. The van der Waals surface area contributed by atoms with Crippen LogP contribution in [-0.2, 0) is 0 Å². The maximum Gasteiger partial charge on any atom is 0.165 e. The zero-order valence-corrected chi connectivity index (χ0v) is 13.1. The summed E-state index contributed by atoms with van der Waals surface area (Å²) in [5.41, 5.74) is 1.30. The molecule has 1 N–H and O–H groups in total. The standard InChI is InChI=1S/C17H26N2O2/c1-19-10-4-5-14(12-19)21-17-15(13-8-9-18-11-13)6-3-7-16(17)20-2/h3,6-7,13-14,18H,4-5,8-12H2,1-2H3. The van der Waals surface area contributed by atoms with Gasteiger partial charge in [-0.25, -0.2) is 0 Å². The Labute approximate surface area is 127 Å². The third-order valence-corrected chi connectivity index (χ3v) is 4.60. The van der Waals surface area contributed by atoms with Crippen LogP contribution >= 0.6 is 0 Å². The zero-order chi connectivity index (χ0) is 14.7. The number of methoxy groups -OCH3 is 1. The number of ether oxygens (including phenoxy) is 2. The van der Waals surface area contributed by atoms with Gasteiger partial charge >= 0.3 is 0 Å². The number of nitrogens with zero attached hydrogens (tertiary/aromatic N) is 1. The number of para-hydroxylation sites is 1. The predicted octanol–water partition coefficient (Wildman–Crippen LogP) is 2.25. The highest BCUT2D eigenvalue weighted by atomic mass is 16.5. The van der Waals surface area contributed by atoms with E-state index in [4.69, 9.17) is 9.47 Å². The van der Waals surface area contributed by atoms with Gasteiger partial charge in [0, 0.05) is 24.6 Å². The van der Waals surface area contributed by atoms with E-state index < -0.39 is 0 Å². The number of benzene rings is 1. The summed E-state index contributed by atoms with van der Waals surface area (Å²) in [5, 5.41) is 3.44. The molecule has 2 fully saturated rings. The lowest BCUT2D eigenvalue weighted by molar-refractivity contribution is 0.0999. The van der Waals surface area contributed by atoms with Crippen LogP contribution in [0.2, 0.25) is 0 Å². The van der Waals surface area contributed by atoms with Crippen molar-refractivity contribution in [1.29, 1.82) is 0 Å². The Morgan fingerprint density at radius 3 is 2.90 bits per heavy atom. The lowest BCUT2D eigenvalue weighted by Crippen LogP contribution is -2.38. The van der Waals surface area contributed by atoms with Crippen LogP contribution in [0.1, 0.15) is 30.7 Å². The van der Waals surface area contributed by atoms with Gasteiger partial charge in [0.05, 0.1) is 7.11 Å². The summed E-state index contributed by atoms with van der Waals surface area (Å²) >= 11 is 0. The summed E-state index contributed by atoms with van der Waals surface area (Å²) in [6.07, 6.45) is 3.78. The van der Waals surface area contributed by atoms with E-state index in [-0.39, 0.29) is 6.10 Å². The van der Waals surface area contributed by atoms with Gasteiger partial charge in [-0.05, 0) is 45.5 Å². The molecule has 0 amide bonds. The van der Waals surface area contributed by atoms with Crippen LogP contribution < -0.4 is 14.8 Å². The highest BCUT2D eigenvalue weighted by molar-refractivity contribution is 5.49. The Balaban J connectivity index is 1.83. The number of rotatable bonds is 4. The average molecular weight is 290 g/mol. The Hall–Kier alpha value is -1.26. The predicted molar refractivity (Wildman–Crippen MR) is 84.4 cm³/mol. The van der Waals surface area contributed by atoms with Gasteiger partial charge in [-0.3, -0.25) is 0 Å². The van der Waals surface area contributed by atoms with E-state index >= 15 is 0 Å². The summed E-state index contributed by atoms with van der Waals surface area (Å²) in [4.78, 5) is 2.35. The van der Waals surface area contributed by atoms with Crippen LogP contribution in [0.15, 0.2) is 18.2 Å². The average Bonchev–Trinajstić information content (AvgIpc) is 3.01. The van der Waals surface area contributed by atoms with Gasteiger partial charge < -0.3 is 19.7 Å². The van der Waals surface area contributed by atoms with Crippen molar-refractivity contribution in [1.82, 2.24) is 10.2 Å². The van der Waals surface area contributed by atoms with Crippen LogP contribution in [-0.4, -0.2) is 51.3 Å². The van der Waals surface area contributed by atoms with Crippen LogP contribution in [0, 0.1) is 0 Å². The molecule has 0 bridgehead atoms. The fraction of sp³-hybridized carbons (Fsp3) is 0.647. The lowest BCUT2D eigenvalue weighted by Gasteiger charge is -2.31. The quantitative estimate of drug-likeness (QED) is 0.922. The first kappa shape index (κ1) is 14.7. The van der Waals surface area contributed by atoms with Crippen molar-refractivity contribution >= 4 is 0 Å². The Kier molecular flexibility index (Phi) is 4.66. The molecule has 2 atom stereocenters. The van der Waals surface area contributed by atoms with Gasteiger partial charge in [-0.15, -0.1) is 0 Å². The largest absolute Gasteiger partial charge is 0.493 e. The van der Waals surface area contributed by atoms with Crippen molar-refractivity contribution in [3.05, 3.63) is 23.8 Å². The highest BCUT2D eigenvalue weighted by Gasteiger charge is 2.26. The molecule has 4 heteroatoms. The monoisotopic (exact) mass is 290 g/mol. The second kappa shape index (κ2) is 6.67. The van der Waals surface area contributed by atoms with Gasteiger partial charge in [0.1, 0.15) is 6.10 Å². The minimum Gasteiger partial charge on any atom is -0.493 e. The molecule has 21 heavy (non-hydrogen) atoms. The molecule has 0 saturated carbocycles. The van der Waals surface area contributed by atoms with Crippen LogP contribution in [0.3, 0.4) is 0 Å². The first-order valence-corrected chi connectivity index (χ1v) is 8.00. The first-order chi connectivity index (χ1) is 10.3. The van der Waals surface area contributed by atoms with E-state index in [2.05, 4.69) is 29.4 Å². The summed E-state index contributed by atoms with van der Waals surface area (Å²) in [6, 6.07) is 6.28. The Morgan fingerprint density at radius 2 is 2.19 bits per heavy atom. The maximum atomic E-state index is 6.40. The highest BCUT2D eigenvalue weighted by Crippen LogP contribution is 2.39. The summed E-state index contributed by atoms with van der Waals surface area (Å²) in [5.74, 6) is 2.37. The molecule has 0 aliphatic carbocycles. The summed E-state index contributed by atoms with van der Waals surface area (Å²) < 4.78 is 12.0. The van der Waals surface area contributed by atoms with Gasteiger partial charge in [0.2, 0.25) is 0 Å². The number of likely N-dealkylation sites (tertiary alicyclic amines) is 1. The minimum atomic E-state index is 0.271. The molecular formula is C17H26N2O2. The molecule has 1 aromatic carbocycles. The Morgan fingerprint density at radius 1 is 1.29 bits per heavy atom. The van der Waals surface area contributed by atoms with Crippen LogP contribution in [0.4, 0.5) is 0 Å². The normalized spacial score (nSPS) is 26.8. The molecule has 3 rings (SSSR count). The molecule has 0 radical (unpaired) electrons. The molecule has 0 aromatic heterocycles. The fourth-order valence-electron chi connectivity index (χ4n) is 3.44. The zero-order valence-electron chi connectivity index (χ0n) is 13.1. The second-order valence-electron chi connectivity index (χ2n) is 6.21. The van der Waals surface area contributed by atoms with Crippen molar-refractivity contribution in [2.45, 2.75) is 31.3 Å². The first-order valence-electron chi connectivity index (χ1n) is 8.00. The molecule has 1 aromatic rings. The Bertz CT molecular complexity index is 472. The van der Waals surface area contributed by atoms with E-state index in [0.29, 0.717) is 5.92 Å². The number of hydrogen-bond donors (Lipinski definition) is 1. The van der Waals surface area contributed by atoms with Crippen molar-refractivity contribution in [2.75, 3.05) is 40.3 Å². The van der Waals surface area contributed by atoms with Crippen molar-refractivity contribution in [3.63, 3.8) is 0 Å². The summed E-state index contributed by atoms with van der Waals surface area (Å²) in [7, 11) is 3.89. The number of piperidine rings is 1. The topological polar surface area (TPSA) is 33.7 Å². The molecular weight excluding hydrogens is 264 g/mol. The van der Waals surface area contributed by atoms with Crippen LogP contribution in [0.25, 0.3) is 0 Å². The molecule has 2 aliphatic rings. The van der Waals surface area contributed by atoms with E-state index in [1.165, 1.54) is 24.9 Å². The van der Waals surface area contributed by atoms with E-state index in [1.54, 1.807) is 7.11 Å². The van der Waals surface area contributed by atoms with E-state index in [1.807, 2.05) is 6.07 Å². The summed E-state index contributed by atoms with van der Waals surface area (Å²) in [6.45, 7) is 4.30. The number of hydrogen-bond acceptors (Lipinski definition) is 4.